The highest BCUT2D eigenvalue weighted by Gasteiger charge is 2.13. The van der Waals surface area contributed by atoms with Crippen LogP contribution in [0.1, 0.15) is 30.0 Å². The van der Waals surface area contributed by atoms with Crippen LogP contribution in [0.15, 0.2) is 18.2 Å². The van der Waals surface area contributed by atoms with E-state index < -0.39 is 0 Å². The molecule has 0 atom stereocenters. The number of pyridine rings is 1. The maximum Gasteiger partial charge on any atom is 0.272 e. The van der Waals surface area contributed by atoms with Crippen LogP contribution in [0.3, 0.4) is 0 Å². The van der Waals surface area contributed by atoms with Gasteiger partial charge in [0.15, 0.2) is 0 Å². The van der Waals surface area contributed by atoms with Gasteiger partial charge < -0.3 is 10.6 Å². The van der Waals surface area contributed by atoms with E-state index in [4.69, 9.17) is 5.73 Å². The van der Waals surface area contributed by atoms with Gasteiger partial charge in [-0.3, -0.25) is 4.79 Å². The summed E-state index contributed by atoms with van der Waals surface area (Å²) in [6.07, 6.45) is 0.708. The van der Waals surface area contributed by atoms with E-state index in [1.165, 1.54) is 0 Å². The maximum atomic E-state index is 12.0. The van der Waals surface area contributed by atoms with Crippen molar-refractivity contribution in [3.05, 3.63) is 29.6 Å². The van der Waals surface area contributed by atoms with E-state index in [0.717, 1.165) is 5.69 Å². The molecule has 0 radical (unpaired) electrons. The lowest BCUT2D eigenvalue weighted by atomic mass is 10.2. The molecule has 88 valence electrons. The van der Waals surface area contributed by atoms with Gasteiger partial charge in [0.1, 0.15) is 5.69 Å². The van der Waals surface area contributed by atoms with Gasteiger partial charge >= 0.3 is 0 Å². The van der Waals surface area contributed by atoms with Crippen LogP contribution in [-0.2, 0) is 6.42 Å². The second-order valence-electron chi connectivity index (χ2n) is 3.53. The predicted octanol–water partition coefficient (Wildman–Crippen LogP) is 1.06. The lowest BCUT2D eigenvalue weighted by Gasteiger charge is -2.18. The van der Waals surface area contributed by atoms with Crippen LogP contribution < -0.4 is 5.73 Å². The molecule has 4 heteroatoms. The Labute approximate surface area is 96.5 Å². The van der Waals surface area contributed by atoms with E-state index in [-0.39, 0.29) is 5.91 Å². The molecule has 1 heterocycles. The van der Waals surface area contributed by atoms with Crippen LogP contribution in [-0.4, -0.2) is 35.4 Å². The number of aromatic nitrogens is 1. The predicted molar refractivity (Wildman–Crippen MR) is 64.2 cm³/mol. The van der Waals surface area contributed by atoms with Crippen LogP contribution in [0.4, 0.5) is 0 Å². The van der Waals surface area contributed by atoms with Gasteiger partial charge in [-0.1, -0.05) is 6.07 Å². The fraction of sp³-hybridized carbons (Fsp3) is 0.500. The molecule has 0 unspecified atom stereocenters. The van der Waals surface area contributed by atoms with E-state index in [0.29, 0.717) is 31.7 Å². The van der Waals surface area contributed by atoms with Gasteiger partial charge in [-0.2, -0.15) is 0 Å². The van der Waals surface area contributed by atoms with E-state index in [9.17, 15) is 4.79 Å². The third-order valence-corrected chi connectivity index (χ3v) is 2.48. The van der Waals surface area contributed by atoms with Crippen LogP contribution in [0.25, 0.3) is 0 Å². The van der Waals surface area contributed by atoms with Gasteiger partial charge in [-0.05, 0) is 32.5 Å². The highest BCUT2D eigenvalue weighted by atomic mass is 16.2. The lowest BCUT2D eigenvalue weighted by molar-refractivity contribution is 0.0767. The van der Waals surface area contributed by atoms with Crippen molar-refractivity contribution in [1.82, 2.24) is 9.88 Å². The minimum atomic E-state index is -0.0103. The summed E-state index contributed by atoms with van der Waals surface area (Å²) in [7, 11) is 0. The topological polar surface area (TPSA) is 59.2 Å². The number of hydrogen-bond donors (Lipinski definition) is 1. The molecule has 0 spiro atoms. The van der Waals surface area contributed by atoms with Crippen LogP contribution in [0.2, 0.25) is 0 Å². The molecule has 16 heavy (non-hydrogen) atoms. The van der Waals surface area contributed by atoms with Gasteiger partial charge in [-0.15, -0.1) is 0 Å². The fourth-order valence-electron chi connectivity index (χ4n) is 1.56. The quantitative estimate of drug-likeness (QED) is 0.809. The number of hydrogen-bond acceptors (Lipinski definition) is 3. The Hall–Kier alpha value is -1.42. The largest absolute Gasteiger partial charge is 0.338 e. The van der Waals surface area contributed by atoms with E-state index in [1.807, 2.05) is 26.0 Å². The molecule has 0 aliphatic carbocycles. The number of nitrogens with zero attached hydrogens (tertiary/aromatic N) is 2. The van der Waals surface area contributed by atoms with Crippen LogP contribution in [0, 0.1) is 0 Å². The molecule has 1 rings (SSSR count). The molecule has 2 N–H and O–H groups in total. The van der Waals surface area contributed by atoms with Crippen LogP contribution >= 0.6 is 0 Å². The molecule has 0 bridgehead atoms. The Morgan fingerprint density at radius 1 is 1.38 bits per heavy atom. The van der Waals surface area contributed by atoms with Gasteiger partial charge in [0, 0.05) is 25.2 Å². The number of nitrogens with two attached hydrogens (primary N) is 1. The zero-order valence-electron chi connectivity index (χ0n) is 9.94. The Kier molecular flexibility index (Phi) is 4.92. The number of carbonyl (C=O) groups excluding carboxylic acids is 1. The number of amides is 1. The summed E-state index contributed by atoms with van der Waals surface area (Å²) in [4.78, 5) is 18.1. The first-order valence-corrected chi connectivity index (χ1v) is 5.68. The van der Waals surface area contributed by atoms with Crippen molar-refractivity contribution < 1.29 is 4.79 Å². The smallest absolute Gasteiger partial charge is 0.272 e. The molecule has 1 aromatic rings. The third kappa shape index (κ3) is 3.03. The molecule has 0 saturated heterocycles. The summed E-state index contributed by atoms with van der Waals surface area (Å²) < 4.78 is 0. The summed E-state index contributed by atoms with van der Waals surface area (Å²) in [5, 5.41) is 0. The molecule has 0 aromatic carbocycles. The summed E-state index contributed by atoms with van der Waals surface area (Å²) in [6, 6.07) is 5.50. The number of carbonyl (C=O) groups is 1. The van der Waals surface area contributed by atoms with Gasteiger partial charge in [0.05, 0.1) is 0 Å². The summed E-state index contributed by atoms with van der Waals surface area (Å²) in [6.45, 7) is 5.89. The summed E-state index contributed by atoms with van der Waals surface area (Å²) >= 11 is 0. The van der Waals surface area contributed by atoms with Crippen molar-refractivity contribution in [2.45, 2.75) is 20.3 Å². The monoisotopic (exact) mass is 221 g/mol. The average molecular weight is 221 g/mol. The molecular weight excluding hydrogens is 202 g/mol. The minimum Gasteiger partial charge on any atom is -0.338 e. The van der Waals surface area contributed by atoms with Crippen molar-refractivity contribution in [2.24, 2.45) is 5.73 Å². The first-order valence-electron chi connectivity index (χ1n) is 5.68. The van der Waals surface area contributed by atoms with Crippen molar-refractivity contribution >= 4 is 5.91 Å². The molecule has 0 aliphatic rings. The summed E-state index contributed by atoms with van der Waals surface area (Å²) in [5.41, 5.74) is 6.85. The second kappa shape index (κ2) is 6.23. The average Bonchev–Trinajstić information content (AvgIpc) is 2.31. The zero-order chi connectivity index (χ0) is 12.0. The van der Waals surface area contributed by atoms with Crippen molar-refractivity contribution in [2.75, 3.05) is 19.6 Å². The zero-order valence-corrected chi connectivity index (χ0v) is 9.94. The van der Waals surface area contributed by atoms with E-state index in [2.05, 4.69) is 4.98 Å². The maximum absolute atomic E-state index is 12.0. The number of rotatable bonds is 5. The lowest BCUT2D eigenvalue weighted by Crippen LogP contribution is -2.31. The Morgan fingerprint density at radius 3 is 2.62 bits per heavy atom. The molecule has 0 saturated carbocycles. The minimum absolute atomic E-state index is 0.0103. The molecule has 1 amide bonds. The van der Waals surface area contributed by atoms with Crippen molar-refractivity contribution in [1.29, 1.82) is 0 Å². The second-order valence-corrected chi connectivity index (χ2v) is 3.53. The SMILES string of the molecule is CCN(CC)C(=O)c1cccc(CCN)n1. The van der Waals surface area contributed by atoms with Crippen LogP contribution in [0.5, 0.6) is 0 Å². The van der Waals surface area contributed by atoms with E-state index >= 15 is 0 Å². The molecule has 0 fully saturated rings. The standard InChI is InChI=1S/C12H19N3O/c1-3-15(4-2)12(16)11-7-5-6-10(14-11)8-9-13/h5-7H,3-4,8-9,13H2,1-2H3. The molecule has 0 aliphatic heterocycles. The first-order chi connectivity index (χ1) is 7.72. The van der Waals surface area contributed by atoms with Crippen molar-refractivity contribution in [3.63, 3.8) is 0 Å². The summed E-state index contributed by atoms with van der Waals surface area (Å²) in [5.74, 6) is -0.0103. The van der Waals surface area contributed by atoms with Gasteiger partial charge in [0.2, 0.25) is 0 Å². The Balaban J connectivity index is 2.86. The van der Waals surface area contributed by atoms with Crippen molar-refractivity contribution in [3.8, 4) is 0 Å². The fourth-order valence-corrected chi connectivity index (χ4v) is 1.56. The molecule has 4 nitrogen and oxygen atoms in total. The highest BCUT2D eigenvalue weighted by Crippen LogP contribution is 2.04. The third-order valence-electron chi connectivity index (χ3n) is 2.48. The Bertz CT molecular complexity index is 348. The van der Waals surface area contributed by atoms with Gasteiger partial charge in [0.25, 0.3) is 5.91 Å². The molecule has 1 aromatic heterocycles. The Morgan fingerprint density at radius 2 is 2.06 bits per heavy atom. The highest BCUT2D eigenvalue weighted by molar-refractivity contribution is 5.92. The first kappa shape index (κ1) is 12.6. The van der Waals surface area contributed by atoms with E-state index in [1.54, 1.807) is 11.0 Å². The van der Waals surface area contributed by atoms with Gasteiger partial charge in [-0.25, -0.2) is 4.98 Å². The molecular formula is C12H19N3O. The normalized spacial score (nSPS) is 10.2.